The molecule has 2 aliphatic rings. The Labute approximate surface area is 122 Å². The Morgan fingerprint density at radius 3 is 1.95 bits per heavy atom. The van der Waals surface area contributed by atoms with Gasteiger partial charge >= 0.3 is 0 Å². The topological polar surface area (TPSA) is 89.9 Å². The van der Waals surface area contributed by atoms with Crippen LogP contribution in [0.15, 0.2) is 0 Å². The van der Waals surface area contributed by atoms with Gasteiger partial charge in [-0.25, -0.2) is 8.42 Å². The Bertz CT molecular complexity index is 347. The first-order chi connectivity index (χ1) is 9.37. The van der Waals surface area contributed by atoms with E-state index in [1.807, 2.05) is 0 Å². The predicted octanol–water partition coefficient (Wildman–Crippen LogP) is -0.782. The summed E-state index contributed by atoms with van der Waals surface area (Å²) in [5.74, 6) is 0.225. The van der Waals surface area contributed by atoms with Crippen LogP contribution >= 0.6 is 0 Å². The van der Waals surface area contributed by atoms with Crippen molar-refractivity contribution in [2.24, 2.45) is 0 Å². The number of sulfone groups is 1. The zero-order valence-corrected chi connectivity index (χ0v) is 13.1. The van der Waals surface area contributed by atoms with Crippen LogP contribution in [0.1, 0.15) is 25.7 Å². The molecule has 0 aromatic rings. The van der Waals surface area contributed by atoms with Gasteiger partial charge in [-0.2, -0.15) is 0 Å². The summed E-state index contributed by atoms with van der Waals surface area (Å²) < 4.78 is 21.7. The molecule has 0 saturated carbocycles. The van der Waals surface area contributed by atoms with E-state index in [1.54, 1.807) is 0 Å². The van der Waals surface area contributed by atoms with Crippen molar-refractivity contribution in [2.75, 3.05) is 44.7 Å². The van der Waals surface area contributed by atoms with Gasteiger partial charge in [0.05, 0.1) is 18.0 Å². The Balaban J connectivity index is 0.000000240. The van der Waals surface area contributed by atoms with Gasteiger partial charge in [0.2, 0.25) is 0 Å². The molecule has 7 heteroatoms. The van der Waals surface area contributed by atoms with E-state index in [2.05, 4.69) is 10.2 Å². The van der Waals surface area contributed by atoms with Crippen molar-refractivity contribution in [3.63, 3.8) is 0 Å². The van der Waals surface area contributed by atoms with Crippen LogP contribution in [0.5, 0.6) is 0 Å². The molecule has 2 fully saturated rings. The molecule has 2 aliphatic heterocycles. The lowest BCUT2D eigenvalue weighted by atomic mass is 10.1. The number of aliphatic hydroxyl groups excluding tert-OH is 2. The van der Waals surface area contributed by atoms with Crippen LogP contribution in [0.25, 0.3) is 0 Å². The third kappa shape index (κ3) is 8.86. The fraction of sp³-hybridized carbons (Fsp3) is 1.00. The molecule has 0 amide bonds. The van der Waals surface area contributed by atoms with Gasteiger partial charge in [-0.05, 0) is 38.8 Å². The van der Waals surface area contributed by atoms with Crippen LogP contribution in [0.2, 0.25) is 0 Å². The Hall–Kier alpha value is -0.210. The second-order valence-corrected chi connectivity index (χ2v) is 7.94. The summed E-state index contributed by atoms with van der Waals surface area (Å²) in [4.78, 5) is 2.09. The van der Waals surface area contributed by atoms with E-state index in [9.17, 15) is 13.5 Å². The van der Waals surface area contributed by atoms with Crippen molar-refractivity contribution in [3.05, 3.63) is 0 Å². The van der Waals surface area contributed by atoms with E-state index in [0.29, 0.717) is 6.54 Å². The standard InChI is InChI=1S/C8H17NO3S.C5H11NO/c1-13(11,12)7-6-9-4-2-8(10)3-5-9;7-5-1-3-6-4-2-5/h8,10H,2-7H2,1H3;5-7H,1-4H2. The molecule has 2 heterocycles. The second-order valence-electron chi connectivity index (χ2n) is 5.68. The number of rotatable bonds is 3. The van der Waals surface area contributed by atoms with E-state index in [-0.39, 0.29) is 18.0 Å². The zero-order valence-electron chi connectivity index (χ0n) is 12.3. The average molecular weight is 308 g/mol. The van der Waals surface area contributed by atoms with E-state index in [1.165, 1.54) is 6.26 Å². The predicted molar refractivity (Wildman–Crippen MR) is 79.5 cm³/mol. The van der Waals surface area contributed by atoms with Crippen LogP contribution in [-0.2, 0) is 9.84 Å². The molecule has 0 aromatic carbocycles. The van der Waals surface area contributed by atoms with Gasteiger partial charge in [0, 0.05) is 25.9 Å². The Kier molecular flexibility index (Phi) is 7.98. The van der Waals surface area contributed by atoms with Crippen molar-refractivity contribution in [3.8, 4) is 0 Å². The SMILES string of the molecule is CS(=O)(=O)CCN1CCC(O)CC1.OC1CCNCC1. The average Bonchev–Trinajstić information content (AvgIpc) is 2.39. The van der Waals surface area contributed by atoms with Crippen LogP contribution in [-0.4, -0.2) is 80.5 Å². The lowest BCUT2D eigenvalue weighted by Gasteiger charge is -2.28. The highest BCUT2D eigenvalue weighted by Gasteiger charge is 2.17. The molecule has 0 atom stereocenters. The summed E-state index contributed by atoms with van der Waals surface area (Å²) in [7, 11) is -2.84. The first-order valence-electron chi connectivity index (χ1n) is 7.34. The fourth-order valence-electron chi connectivity index (χ4n) is 2.24. The normalized spacial score (nSPS) is 23.1. The minimum atomic E-state index is -2.84. The van der Waals surface area contributed by atoms with Crippen molar-refractivity contribution < 1.29 is 18.6 Å². The largest absolute Gasteiger partial charge is 0.393 e. The number of hydrogen-bond donors (Lipinski definition) is 3. The van der Waals surface area contributed by atoms with Gasteiger partial charge in [0.15, 0.2) is 0 Å². The first kappa shape index (κ1) is 17.8. The molecule has 0 aromatic heterocycles. The van der Waals surface area contributed by atoms with Crippen molar-refractivity contribution in [2.45, 2.75) is 37.9 Å². The molecule has 20 heavy (non-hydrogen) atoms. The summed E-state index contributed by atoms with van der Waals surface area (Å²) in [6.07, 6.45) is 4.44. The van der Waals surface area contributed by atoms with Gasteiger partial charge in [-0.15, -0.1) is 0 Å². The summed E-state index contributed by atoms with van der Waals surface area (Å²) >= 11 is 0. The molecule has 0 unspecified atom stereocenters. The number of likely N-dealkylation sites (tertiary alicyclic amines) is 1. The van der Waals surface area contributed by atoms with Crippen LogP contribution < -0.4 is 5.32 Å². The molecule has 3 N–H and O–H groups in total. The monoisotopic (exact) mass is 308 g/mol. The van der Waals surface area contributed by atoms with E-state index in [4.69, 9.17) is 5.11 Å². The quantitative estimate of drug-likeness (QED) is 0.634. The first-order valence-corrected chi connectivity index (χ1v) is 9.40. The Morgan fingerprint density at radius 1 is 1.05 bits per heavy atom. The number of nitrogens with one attached hydrogen (secondary N) is 1. The molecule has 0 aliphatic carbocycles. The number of nitrogens with zero attached hydrogens (tertiary/aromatic N) is 1. The highest BCUT2D eigenvalue weighted by atomic mass is 32.2. The molecule has 6 nitrogen and oxygen atoms in total. The minimum Gasteiger partial charge on any atom is -0.393 e. The lowest BCUT2D eigenvalue weighted by molar-refractivity contribution is 0.0856. The van der Waals surface area contributed by atoms with Crippen molar-refractivity contribution in [1.29, 1.82) is 0 Å². The summed E-state index contributed by atoms with van der Waals surface area (Å²) in [6, 6.07) is 0. The fourth-order valence-corrected chi connectivity index (χ4v) is 2.83. The summed E-state index contributed by atoms with van der Waals surface area (Å²) in [5, 5.41) is 21.2. The lowest BCUT2D eigenvalue weighted by Crippen LogP contribution is -2.38. The highest BCUT2D eigenvalue weighted by Crippen LogP contribution is 2.09. The van der Waals surface area contributed by atoms with E-state index in [0.717, 1.165) is 51.9 Å². The highest BCUT2D eigenvalue weighted by molar-refractivity contribution is 7.90. The summed E-state index contributed by atoms with van der Waals surface area (Å²) in [6.45, 7) is 4.21. The van der Waals surface area contributed by atoms with Gasteiger partial charge in [-0.3, -0.25) is 0 Å². The molecule has 2 rings (SSSR count). The maximum Gasteiger partial charge on any atom is 0.148 e. The summed E-state index contributed by atoms with van der Waals surface area (Å²) in [5.41, 5.74) is 0. The molecule has 0 radical (unpaired) electrons. The zero-order chi connectivity index (χ0) is 15.0. The van der Waals surface area contributed by atoms with Crippen LogP contribution in [0.4, 0.5) is 0 Å². The van der Waals surface area contributed by atoms with Gasteiger partial charge in [0.25, 0.3) is 0 Å². The number of hydrogen-bond acceptors (Lipinski definition) is 6. The van der Waals surface area contributed by atoms with Crippen LogP contribution in [0, 0.1) is 0 Å². The molecular formula is C13H28N2O4S. The Morgan fingerprint density at radius 2 is 1.55 bits per heavy atom. The second kappa shape index (κ2) is 8.94. The van der Waals surface area contributed by atoms with Crippen LogP contribution in [0.3, 0.4) is 0 Å². The van der Waals surface area contributed by atoms with Crippen molar-refractivity contribution in [1.82, 2.24) is 10.2 Å². The molecule has 0 bridgehead atoms. The molecule has 0 spiro atoms. The van der Waals surface area contributed by atoms with E-state index < -0.39 is 9.84 Å². The van der Waals surface area contributed by atoms with E-state index >= 15 is 0 Å². The smallest absolute Gasteiger partial charge is 0.148 e. The third-order valence-electron chi connectivity index (χ3n) is 3.64. The molecular weight excluding hydrogens is 280 g/mol. The maximum absolute atomic E-state index is 10.9. The molecule has 120 valence electrons. The number of aliphatic hydroxyl groups is 2. The number of piperidine rings is 2. The molecule has 2 saturated heterocycles. The van der Waals surface area contributed by atoms with Gasteiger partial charge < -0.3 is 20.4 Å². The van der Waals surface area contributed by atoms with Crippen molar-refractivity contribution >= 4 is 9.84 Å². The third-order valence-corrected chi connectivity index (χ3v) is 4.57. The van der Waals surface area contributed by atoms with Gasteiger partial charge in [-0.1, -0.05) is 0 Å². The maximum atomic E-state index is 10.9. The minimum absolute atomic E-state index is 0.0266. The van der Waals surface area contributed by atoms with Gasteiger partial charge in [0.1, 0.15) is 9.84 Å².